The van der Waals surface area contributed by atoms with Crippen molar-refractivity contribution in [2.45, 2.75) is 31.8 Å². The van der Waals surface area contributed by atoms with Gasteiger partial charge in [-0.25, -0.2) is 0 Å². The Kier molecular flexibility index (Phi) is 3.48. The molecule has 0 saturated heterocycles. The highest BCUT2D eigenvalue weighted by Gasteiger charge is 2.26. The lowest BCUT2D eigenvalue weighted by Crippen LogP contribution is -2.35. The molecule has 2 atom stereocenters. The molecule has 1 saturated carbocycles. The van der Waals surface area contributed by atoms with Crippen molar-refractivity contribution < 1.29 is 4.74 Å². The monoisotopic (exact) mass is 262 g/mol. The number of rotatable bonds is 3. The zero-order valence-corrected chi connectivity index (χ0v) is 11.2. The summed E-state index contributed by atoms with van der Waals surface area (Å²) in [5.41, 5.74) is 6.87. The zero-order chi connectivity index (χ0) is 12.4. The Bertz CT molecular complexity index is 525. The van der Waals surface area contributed by atoms with Crippen molar-refractivity contribution in [2.24, 2.45) is 11.7 Å². The second-order valence-electron chi connectivity index (χ2n) is 4.92. The van der Waals surface area contributed by atoms with Gasteiger partial charge in [-0.05, 0) is 37.9 Å². The Morgan fingerprint density at radius 2 is 2.11 bits per heavy atom. The van der Waals surface area contributed by atoms with Gasteiger partial charge in [-0.3, -0.25) is 0 Å². The predicted molar refractivity (Wildman–Crippen MR) is 75.0 cm³/mol. The minimum atomic E-state index is 0.271. The van der Waals surface area contributed by atoms with Crippen LogP contribution in [0.25, 0.3) is 10.9 Å². The standard InChI is InChI=1S/C14H18N2OS/c15-9-10-5-1-4-8-13(10)17-14-11-6-2-3-7-12(11)16-18-14/h2-3,6-7,10,13H,1,4-5,8-9,15H2. The average molecular weight is 262 g/mol. The summed E-state index contributed by atoms with van der Waals surface area (Å²) < 4.78 is 10.6. The molecular formula is C14H18N2OS. The summed E-state index contributed by atoms with van der Waals surface area (Å²) in [7, 11) is 0. The van der Waals surface area contributed by atoms with Gasteiger partial charge in [0.05, 0.1) is 10.9 Å². The molecule has 2 aromatic rings. The number of ether oxygens (including phenoxy) is 1. The van der Waals surface area contributed by atoms with E-state index in [2.05, 4.69) is 10.4 Å². The van der Waals surface area contributed by atoms with Gasteiger partial charge < -0.3 is 10.5 Å². The minimum Gasteiger partial charge on any atom is -0.479 e. The van der Waals surface area contributed by atoms with Crippen molar-refractivity contribution in [3.05, 3.63) is 24.3 Å². The van der Waals surface area contributed by atoms with Crippen molar-refractivity contribution in [2.75, 3.05) is 6.54 Å². The van der Waals surface area contributed by atoms with E-state index in [9.17, 15) is 0 Å². The maximum absolute atomic E-state index is 6.19. The Labute approximate surface area is 111 Å². The first-order valence-corrected chi connectivity index (χ1v) is 7.37. The predicted octanol–water partition coefficient (Wildman–Crippen LogP) is 3.19. The molecule has 1 aromatic carbocycles. The summed E-state index contributed by atoms with van der Waals surface area (Å²) >= 11 is 1.46. The first-order valence-electron chi connectivity index (χ1n) is 6.59. The van der Waals surface area contributed by atoms with E-state index in [4.69, 9.17) is 10.5 Å². The van der Waals surface area contributed by atoms with E-state index in [1.54, 1.807) is 0 Å². The number of hydrogen-bond acceptors (Lipinski definition) is 4. The SMILES string of the molecule is NCC1CCCCC1Oc1snc2ccccc12. The van der Waals surface area contributed by atoms with E-state index >= 15 is 0 Å². The Morgan fingerprint density at radius 1 is 1.28 bits per heavy atom. The summed E-state index contributed by atoms with van der Waals surface area (Å²) in [4.78, 5) is 0. The first-order chi connectivity index (χ1) is 8.88. The second-order valence-corrected chi connectivity index (χ2v) is 5.66. The lowest BCUT2D eigenvalue weighted by atomic mass is 9.86. The second kappa shape index (κ2) is 5.24. The third-order valence-electron chi connectivity index (χ3n) is 3.75. The number of fused-ring (bicyclic) bond motifs is 1. The van der Waals surface area contributed by atoms with Crippen LogP contribution in [0.4, 0.5) is 0 Å². The number of nitrogens with zero attached hydrogens (tertiary/aromatic N) is 1. The fourth-order valence-electron chi connectivity index (χ4n) is 2.69. The molecule has 4 heteroatoms. The van der Waals surface area contributed by atoms with Gasteiger partial charge in [0.2, 0.25) is 5.06 Å². The molecule has 0 amide bonds. The molecule has 1 heterocycles. The molecule has 1 aliphatic rings. The van der Waals surface area contributed by atoms with Gasteiger partial charge in [-0.2, -0.15) is 4.37 Å². The Hall–Kier alpha value is -1.13. The highest BCUT2D eigenvalue weighted by atomic mass is 32.1. The highest BCUT2D eigenvalue weighted by Crippen LogP contribution is 2.34. The normalized spacial score (nSPS) is 24.3. The topological polar surface area (TPSA) is 48.1 Å². The van der Waals surface area contributed by atoms with Crippen LogP contribution in [-0.2, 0) is 0 Å². The van der Waals surface area contributed by atoms with Crippen molar-refractivity contribution >= 4 is 22.4 Å². The zero-order valence-electron chi connectivity index (χ0n) is 10.3. The molecular weight excluding hydrogens is 244 g/mol. The van der Waals surface area contributed by atoms with Crippen LogP contribution in [0.5, 0.6) is 5.06 Å². The molecule has 18 heavy (non-hydrogen) atoms. The van der Waals surface area contributed by atoms with E-state index < -0.39 is 0 Å². The van der Waals surface area contributed by atoms with E-state index in [0.717, 1.165) is 28.9 Å². The molecule has 1 aliphatic carbocycles. The average Bonchev–Trinajstić information content (AvgIpc) is 2.83. The maximum atomic E-state index is 6.19. The van der Waals surface area contributed by atoms with Crippen molar-refractivity contribution in [1.82, 2.24) is 4.37 Å². The summed E-state index contributed by atoms with van der Waals surface area (Å²) in [5, 5.41) is 2.08. The van der Waals surface area contributed by atoms with Crippen LogP contribution in [0.1, 0.15) is 25.7 Å². The van der Waals surface area contributed by atoms with Crippen LogP contribution in [0.2, 0.25) is 0 Å². The fraction of sp³-hybridized carbons (Fsp3) is 0.500. The van der Waals surface area contributed by atoms with Crippen LogP contribution < -0.4 is 10.5 Å². The van der Waals surface area contributed by atoms with Gasteiger partial charge >= 0.3 is 0 Å². The van der Waals surface area contributed by atoms with Gasteiger partial charge in [0.1, 0.15) is 6.10 Å². The molecule has 0 aliphatic heterocycles. The molecule has 2 N–H and O–H groups in total. The number of aromatic nitrogens is 1. The fourth-order valence-corrected chi connectivity index (χ4v) is 3.46. The van der Waals surface area contributed by atoms with Crippen LogP contribution in [0.15, 0.2) is 24.3 Å². The third kappa shape index (κ3) is 2.22. The molecule has 0 spiro atoms. The van der Waals surface area contributed by atoms with E-state index in [1.807, 2.05) is 18.2 Å². The van der Waals surface area contributed by atoms with E-state index in [0.29, 0.717) is 5.92 Å². The van der Waals surface area contributed by atoms with Gasteiger partial charge in [0.25, 0.3) is 0 Å². The minimum absolute atomic E-state index is 0.271. The van der Waals surface area contributed by atoms with Gasteiger partial charge in [-0.1, -0.05) is 18.6 Å². The summed E-state index contributed by atoms with van der Waals surface area (Å²) in [6.45, 7) is 0.724. The Balaban J connectivity index is 1.82. The molecule has 0 bridgehead atoms. The first kappa shape index (κ1) is 11.9. The van der Waals surface area contributed by atoms with Gasteiger partial charge in [0, 0.05) is 17.5 Å². The molecule has 0 radical (unpaired) electrons. The largest absolute Gasteiger partial charge is 0.479 e. The van der Waals surface area contributed by atoms with E-state index in [-0.39, 0.29) is 6.10 Å². The number of hydrogen-bond donors (Lipinski definition) is 1. The maximum Gasteiger partial charge on any atom is 0.201 e. The van der Waals surface area contributed by atoms with Crippen molar-refractivity contribution in [3.8, 4) is 5.06 Å². The number of nitrogens with two attached hydrogens (primary N) is 1. The van der Waals surface area contributed by atoms with Gasteiger partial charge in [-0.15, -0.1) is 0 Å². The smallest absolute Gasteiger partial charge is 0.201 e. The molecule has 96 valence electrons. The summed E-state index contributed by atoms with van der Waals surface area (Å²) in [5.74, 6) is 0.500. The quantitative estimate of drug-likeness (QED) is 0.924. The van der Waals surface area contributed by atoms with E-state index in [1.165, 1.54) is 30.8 Å². The molecule has 3 rings (SSSR count). The third-order valence-corrected chi connectivity index (χ3v) is 4.52. The summed E-state index contributed by atoms with van der Waals surface area (Å²) in [6, 6.07) is 8.15. The highest BCUT2D eigenvalue weighted by molar-refractivity contribution is 7.09. The lowest BCUT2D eigenvalue weighted by Gasteiger charge is -2.30. The van der Waals surface area contributed by atoms with Gasteiger partial charge in [0.15, 0.2) is 0 Å². The number of benzene rings is 1. The van der Waals surface area contributed by atoms with Crippen LogP contribution in [0, 0.1) is 5.92 Å². The lowest BCUT2D eigenvalue weighted by molar-refractivity contribution is 0.102. The molecule has 2 unspecified atom stereocenters. The summed E-state index contributed by atoms with van der Waals surface area (Å²) in [6.07, 6.45) is 5.11. The molecule has 1 fully saturated rings. The van der Waals surface area contributed by atoms with Crippen molar-refractivity contribution in [3.63, 3.8) is 0 Å². The van der Waals surface area contributed by atoms with Crippen LogP contribution >= 0.6 is 11.5 Å². The Morgan fingerprint density at radius 3 is 3.00 bits per heavy atom. The van der Waals surface area contributed by atoms with Crippen LogP contribution in [-0.4, -0.2) is 17.0 Å². The molecule has 3 nitrogen and oxygen atoms in total. The van der Waals surface area contributed by atoms with Crippen LogP contribution in [0.3, 0.4) is 0 Å². The molecule has 1 aromatic heterocycles. The van der Waals surface area contributed by atoms with Crippen molar-refractivity contribution in [1.29, 1.82) is 0 Å².